The fourth-order valence-corrected chi connectivity index (χ4v) is 6.17. The highest BCUT2D eigenvalue weighted by Gasteiger charge is 2.27. The van der Waals surface area contributed by atoms with Crippen LogP contribution in [-0.4, -0.2) is 4.57 Å². The van der Waals surface area contributed by atoms with Crippen molar-refractivity contribution in [3.8, 4) is 16.8 Å². The van der Waals surface area contributed by atoms with Gasteiger partial charge in [0.2, 0.25) is 0 Å². The zero-order valence-corrected chi connectivity index (χ0v) is 26.5. The van der Waals surface area contributed by atoms with E-state index in [4.69, 9.17) is 0 Å². The fraction of sp³-hybridized carbons (Fsp3) is 0.385. The number of benzene rings is 4. The predicted molar refractivity (Wildman–Crippen MR) is 176 cm³/mol. The molecule has 40 heavy (non-hydrogen) atoms. The van der Waals surface area contributed by atoms with Crippen molar-refractivity contribution < 1.29 is 0 Å². The highest BCUT2D eigenvalue weighted by atomic mass is 15.0. The van der Waals surface area contributed by atoms with E-state index in [0.29, 0.717) is 5.92 Å². The van der Waals surface area contributed by atoms with Crippen molar-refractivity contribution in [3.63, 3.8) is 0 Å². The number of hydrogen-bond donors (Lipinski definition) is 0. The molecule has 0 unspecified atom stereocenters. The Morgan fingerprint density at radius 1 is 0.550 bits per heavy atom. The molecule has 0 aliphatic carbocycles. The quantitative estimate of drug-likeness (QED) is 0.219. The zero-order valence-electron chi connectivity index (χ0n) is 26.5. The Hall–Kier alpha value is -3.32. The molecule has 208 valence electrons. The van der Waals surface area contributed by atoms with Crippen molar-refractivity contribution in [2.45, 2.75) is 98.3 Å². The van der Waals surface area contributed by atoms with Gasteiger partial charge in [-0.1, -0.05) is 131 Å². The minimum absolute atomic E-state index is 0.0481. The number of nitrogens with zero attached hydrogens (tertiary/aromatic N) is 1. The van der Waals surface area contributed by atoms with E-state index in [1.807, 2.05) is 0 Å². The second-order valence-electron chi connectivity index (χ2n) is 15.0. The Morgan fingerprint density at radius 3 is 1.65 bits per heavy atom. The van der Waals surface area contributed by atoms with E-state index in [0.717, 1.165) is 0 Å². The minimum atomic E-state index is 0.0481. The summed E-state index contributed by atoms with van der Waals surface area (Å²) in [6, 6.07) is 29.8. The smallest absolute Gasteiger partial charge is 0.0547 e. The molecule has 0 spiro atoms. The molecular formula is C39H47N. The molecule has 5 rings (SSSR count). The molecule has 0 aliphatic heterocycles. The molecular weight excluding hydrogens is 482 g/mol. The lowest BCUT2D eigenvalue weighted by Crippen LogP contribution is -2.17. The highest BCUT2D eigenvalue weighted by molar-refractivity contribution is 6.17. The summed E-state index contributed by atoms with van der Waals surface area (Å²) in [6.45, 7) is 25.7. The van der Waals surface area contributed by atoms with Crippen LogP contribution in [0.4, 0.5) is 0 Å². The van der Waals surface area contributed by atoms with Crippen LogP contribution in [-0.2, 0) is 16.2 Å². The van der Waals surface area contributed by atoms with Gasteiger partial charge < -0.3 is 4.57 Å². The molecule has 0 radical (unpaired) electrons. The summed E-state index contributed by atoms with van der Waals surface area (Å²) in [5.41, 5.74) is 12.2. The SMILES string of the molecule is CC(C)c1c(C(C)(C)C)ccc2c1c1c(-c3ccccc3)cccc1n2-c1cc(C(C)(C)C)cc(C(C)(C)C)c1. The number of fused-ring (bicyclic) bond motifs is 3. The van der Waals surface area contributed by atoms with Gasteiger partial charge in [-0.2, -0.15) is 0 Å². The average Bonchev–Trinajstić information content (AvgIpc) is 3.21. The van der Waals surface area contributed by atoms with Gasteiger partial charge in [-0.25, -0.2) is 0 Å². The van der Waals surface area contributed by atoms with Crippen molar-refractivity contribution in [3.05, 3.63) is 101 Å². The fourth-order valence-electron chi connectivity index (χ4n) is 6.17. The summed E-state index contributed by atoms with van der Waals surface area (Å²) >= 11 is 0. The first-order valence-electron chi connectivity index (χ1n) is 14.9. The van der Waals surface area contributed by atoms with Gasteiger partial charge in [0.1, 0.15) is 0 Å². The van der Waals surface area contributed by atoms with Gasteiger partial charge in [-0.3, -0.25) is 0 Å². The van der Waals surface area contributed by atoms with Gasteiger partial charge in [-0.05, 0) is 79.8 Å². The van der Waals surface area contributed by atoms with Crippen molar-refractivity contribution in [1.82, 2.24) is 4.57 Å². The third-order valence-electron chi connectivity index (χ3n) is 8.38. The maximum Gasteiger partial charge on any atom is 0.0547 e. The van der Waals surface area contributed by atoms with E-state index in [1.165, 1.54) is 60.9 Å². The van der Waals surface area contributed by atoms with Crippen molar-refractivity contribution in [2.24, 2.45) is 0 Å². The lowest BCUT2D eigenvalue weighted by Gasteiger charge is -2.27. The monoisotopic (exact) mass is 529 g/mol. The molecule has 1 heteroatoms. The van der Waals surface area contributed by atoms with Gasteiger partial charge in [0.25, 0.3) is 0 Å². The Kier molecular flexibility index (Phi) is 6.81. The van der Waals surface area contributed by atoms with Gasteiger partial charge in [-0.15, -0.1) is 0 Å². The van der Waals surface area contributed by atoms with Crippen LogP contribution in [0.2, 0.25) is 0 Å². The van der Waals surface area contributed by atoms with E-state index in [-0.39, 0.29) is 16.2 Å². The van der Waals surface area contributed by atoms with Crippen LogP contribution in [0.1, 0.15) is 104 Å². The lowest BCUT2D eigenvalue weighted by molar-refractivity contribution is 0.568. The van der Waals surface area contributed by atoms with E-state index < -0.39 is 0 Å². The van der Waals surface area contributed by atoms with Crippen LogP contribution in [0.3, 0.4) is 0 Å². The molecule has 0 fully saturated rings. The van der Waals surface area contributed by atoms with Crippen molar-refractivity contribution >= 4 is 21.8 Å². The molecule has 1 aromatic heterocycles. The van der Waals surface area contributed by atoms with Crippen LogP contribution >= 0.6 is 0 Å². The van der Waals surface area contributed by atoms with Crippen LogP contribution < -0.4 is 0 Å². The van der Waals surface area contributed by atoms with Crippen molar-refractivity contribution in [2.75, 3.05) is 0 Å². The molecule has 0 bridgehead atoms. The van der Waals surface area contributed by atoms with E-state index in [2.05, 4.69) is 160 Å². The molecule has 1 nitrogen and oxygen atoms in total. The largest absolute Gasteiger partial charge is 0.309 e. The van der Waals surface area contributed by atoms with Crippen LogP contribution in [0.15, 0.2) is 78.9 Å². The summed E-state index contributed by atoms with van der Waals surface area (Å²) < 4.78 is 2.54. The number of rotatable bonds is 3. The van der Waals surface area contributed by atoms with Gasteiger partial charge in [0.15, 0.2) is 0 Å². The zero-order chi connectivity index (χ0) is 29.2. The second-order valence-corrected chi connectivity index (χ2v) is 15.0. The summed E-state index contributed by atoms with van der Waals surface area (Å²) in [5, 5.41) is 2.76. The molecule has 4 aromatic carbocycles. The maximum atomic E-state index is 2.54. The van der Waals surface area contributed by atoms with Crippen LogP contribution in [0, 0.1) is 0 Å². The summed E-state index contributed by atoms with van der Waals surface area (Å²) in [6.07, 6.45) is 0. The molecule has 0 N–H and O–H groups in total. The summed E-state index contributed by atoms with van der Waals surface area (Å²) in [5.74, 6) is 0.395. The lowest BCUT2D eigenvalue weighted by atomic mass is 9.78. The molecule has 0 atom stereocenters. The summed E-state index contributed by atoms with van der Waals surface area (Å²) in [7, 11) is 0. The number of aromatic nitrogens is 1. The maximum absolute atomic E-state index is 2.54. The molecule has 0 aliphatic rings. The molecule has 0 saturated carbocycles. The Labute approximate surface area is 242 Å². The molecule has 5 aromatic rings. The third kappa shape index (κ3) is 4.89. The second kappa shape index (κ2) is 9.65. The first-order chi connectivity index (χ1) is 18.6. The predicted octanol–water partition coefficient (Wildman–Crippen LogP) is 11.5. The van der Waals surface area contributed by atoms with Crippen LogP contribution in [0.5, 0.6) is 0 Å². The molecule has 1 heterocycles. The van der Waals surface area contributed by atoms with Crippen molar-refractivity contribution in [1.29, 1.82) is 0 Å². The first kappa shape index (κ1) is 28.2. The minimum Gasteiger partial charge on any atom is -0.309 e. The van der Waals surface area contributed by atoms with E-state index in [9.17, 15) is 0 Å². The topological polar surface area (TPSA) is 4.93 Å². The van der Waals surface area contributed by atoms with E-state index in [1.54, 1.807) is 0 Å². The Balaban J connectivity index is 2.03. The Morgan fingerprint density at radius 2 is 1.12 bits per heavy atom. The van der Waals surface area contributed by atoms with Crippen LogP contribution in [0.25, 0.3) is 38.6 Å². The van der Waals surface area contributed by atoms with Gasteiger partial charge in [0, 0.05) is 16.5 Å². The van der Waals surface area contributed by atoms with E-state index >= 15 is 0 Å². The Bertz CT molecular complexity index is 1660. The highest BCUT2D eigenvalue weighted by Crippen LogP contribution is 2.45. The normalized spacial score (nSPS) is 13.1. The summed E-state index contributed by atoms with van der Waals surface area (Å²) in [4.78, 5) is 0. The average molecular weight is 530 g/mol. The van der Waals surface area contributed by atoms with Gasteiger partial charge >= 0.3 is 0 Å². The standard InChI is InChI=1S/C39H47N/c1-25(2)34-31(39(9,10)11)20-21-33-36(34)35-30(26-16-13-12-14-17-26)18-15-19-32(35)40(33)29-23-27(37(3,4)5)22-28(24-29)38(6,7)8/h12-25H,1-11H3. The van der Waals surface area contributed by atoms with Gasteiger partial charge in [0.05, 0.1) is 11.0 Å². The molecule has 0 saturated heterocycles. The third-order valence-corrected chi connectivity index (χ3v) is 8.38. The number of hydrogen-bond acceptors (Lipinski definition) is 0. The molecule has 0 amide bonds. The first-order valence-corrected chi connectivity index (χ1v) is 14.9.